The molecule has 3 heterocycles. The molecule has 0 spiro atoms. The Labute approximate surface area is 283 Å². The van der Waals surface area contributed by atoms with Crippen LogP contribution in [0.2, 0.25) is 0 Å². The topological polar surface area (TPSA) is 196 Å². The van der Waals surface area contributed by atoms with E-state index in [1.165, 1.54) is 25.4 Å². The van der Waals surface area contributed by atoms with E-state index in [4.69, 9.17) is 4.74 Å². The molecular weight excluding hydrogens is 636 g/mol. The molecule has 2 saturated carbocycles. The maximum absolute atomic E-state index is 13.6. The molecule has 0 bridgehead atoms. The van der Waals surface area contributed by atoms with E-state index < -0.39 is 30.0 Å². The van der Waals surface area contributed by atoms with Crippen LogP contribution in [-0.4, -0.2) is 129 Å². The summed E-state index contributed by atoms with van der Waals surface area (Å²) in [6, 6.07) is 8.72. The molecule has 4 fully saturated rings. The minimum Gasteiger partial charge on any atom is -0.467 e. The number of piperazine rings is 1. The van der Waals surface area contributed by atoms with Crippen molar-refractivity contribution in [2.45, 2.75) is 63.1 Å². The van der Waals surface area contributed by atoms with Crippen LogP contribution in [0.1, 0.15) is 55.4 Å². The van der Waals surface area contributed by atoms with Crippen molar-refractivity contribution in [1.29, 1.82) is 0 Å². The van der Waals surface area contributed by atoms with Gasteiger partial charge in [0.15, 0.2) is 12.3 Å². The maximum Gasteiger partial charge on any atom is 0.407 e. The van der Waals surface area contributed by atoms with Crippen molar-refractivity contribution in [2.24, 2.45) is 5.92 Å². The zero-order valence-electron chi connectivity index (χ0n) is 27.2. The third-order valence-corrected chi connectivity index (χ3v) is 9.47. The van der Waals surface area contributed by atoms with Crippen molar-refractivity contribution in [3.8, 4) is 11.6 Å². The average molecular weight is 679 g/mol. The highest BCUT2D eigenvalue weighted by atomic mass is 16.5. The molecular formula is C33H42N8O8. The van der Waals surface area contributed by atoms with E-state index in [-0.39, 0.29) is 80.6 Å². The Morgan fingerprint density at radius 2 is 1.59 bits per heavy atom. The molecule has 16 nitrogen and oxygen atoms in total. The first-order valence-corrected chi connectivity index (χ1v) is 16.9. The van der Waals surface area contributed by atoms with Crippen LogP contribution in [-0.2, 0) is 19.2 Å². The predicted octanol–water partition coefficient (Wildman–Crippen LogP) is 0.358. The molecule has 4 aliphatic rings. The number of ether oxygens (including phenoxy) is 1. The van der Waals surface area contributed by atoms with Crippen molar-refractivity contribution in [1.82, 2.24) is 40.4 Å². The zero-order chi connectivity index (χ0) is 34.5. The SMILES string of the molecule is O=C(NC(CNC(=O)C1CC1)C(=O)N1CCN(C(=O)O)CC1)c1cc(OCC(=O)N2CCCC2C(=O)NC2CCC2)n(-c2ccccc2)n1. The lowest BCUT2D eigenvalue weighted by Gasteiger charge is -2.35. The van der Waals surface area contributed by atoms with E-state index >= 15 is 0 Å². The van der Waals surface area contributed by atoms with E-state index in [0.717, 1.165) is 32.1 Å². The molecule has 2 atom stereocenters. The molecule has 6 amide bonds. The lowest BCUT2D eigenvalue weighted by molar-refractivity contribution is -0.140. The molecule has 0 radical (unpaired) electrons. The van der Waals surface area contributed by atoms with Crippen molar-refractivity contribution in [3.05, 3.63) is 42.1 Å². The number of benzene rings is 1. The zero-order valence-corrected chi connectivity index (χ0v) is 27.2. The number of carboxylic acid groups (broad SMARTS) is 1. The predicted molar refractivity (Wildman–Crippen MR) is 173 cm³/mol. The normalized spacial score (nSPS) is 19.8. The molecule has 1 aromatic carbocycles. The monoisotopic (exact) mass is 678 g/mol. The second-order valence-corrected chi connectivity index (χ2v) is 12.9. The van der Waals surface area contributed by atoms with Crippen molar-refractivity contribution < 1.29 is 38.6 Å². The highest BCUT2D eigenvalue weighted by Crippen LogP contribution is 2.28. The fourth-order valence-corrected chi connectivity index (χ4v) is 6.20. The largest absolute Gasteiger partial charge is 0.467 e. The molecule has 1 aromatic heterocycles. The first-order valence-electron chi connectivity index (χ1n) is 16.9. The summed E-state index contributed by atoms with van der Waals surface area (Å²) in [5.74, 6) is -1.88. The first-order chi connectivity index (χ1) is 23.7. The summed E-state index contributed by atoms with van der Waals surface area (Å²) in [4.78, 5) is 81.3. The highest BCUT2D eigenvalue weighted by molar-refractivity contribution is 5.97. The number of amides is 6. The Balaban J connectivity index is 1.15. The number of nitrogens with one attached hydrogen (secondary N) is 3. The Morgan fingerprint density at radius 1 is 0.878 bits per heavy atom. The van der Waals surface area contributed by atoms with Crippen LogP contribution >= 0.6 is 0 Å². The fourth-order valence-electron chi connectivity index (χ4n) is 6.20. The summed E-state index contributed by atoms with van der Waals surface area (Å²) in [6.07, 6.45) is 4.72. The van der Waals surface area contributed by atoms with Gasteiger partial charge in [0.05, 0.1) is 5.69 Å². The van der Waals surface area contributed by atoms with E-state index in [1.54, 1.807) is 24.3 Å². The average Bonchev–Trinajstić information content (AvgIpc) is 3.67. The number of nitrogens with zero attached hydrogens (tertiary/aromatic N) is 5. The number of carbonyl (C=O) groups is 6. The van der Waals surface area contributed by atoms with Crippen LogP contribution in [0, 0.1) is 5.92 Å². The number of carbonyl (C=O) groups excluding carboxylic acids is 5. The van der Waals surface area contributed by atoms with Gasteiger partial charge in [-0.2, -0.15) is 5.10 Å². The summed E-state index contributed by atoms with van der Waals surface area (Å²) < 4.78 is 7.32. The number of likely N-dealkylation sites (tertiary alicyclic amines) is 1. The van der Waals surface area contributed by atoms with Gasteiger partial charge in [-0.3, -0.25) is 24.0 Å². The molecule has 4 N–H and O–H groups in total. The van der Waals surface area contributed by atoms with Crippen LogP contribution in [0.4, 0.5) is 4.79 Å². The van der Waals surface area contributed by atoms with Gasteiger partial charge < -0.3 is 40.5 Å². The minimum absolute atomic E-state index is 0.0905. The maximum atomic E-state index is 13.6. The standard InChI is InChI=1S/C33H42N8O8/c42-27(40-13-5-10-26(40)31(45)35-22-6-4-7-22)20-49-28-18-24(37-41(28)23-8-2-1-3-9-23)30(44)36-25(19-34-29(43)21-11-12-21)32(46)38-14-16-39(17-15-38)33(47)48/h1-3,8-9,18,21-22,25-26H,4-7,10-17,19-20H2,(H,34,43)(H,35,45)(H,36,44)(H,47,48). The minimum atomic E-state index is -1.14. The molecule has 2 saturated heterocycles. The van der Waals surface area contributed by atoms with Crippen LogP contribution in [0.3, 0.4) is 0 Å². The van der Waals surface area contributed by atoms with E-state index in [2.05, 4.69) is 21.0 Å². The Bertz CT molecular complexity index is 1570. The van der Waals surface area contributed by atoms with Gasteiger partial charge in [-0.25, -0.2) is 9.48 Å². The fraction of sp³-hybridized carbons (Fsp3) is 0.545. The summed E-state index contributed by atoms with van der Waals surface area (Å²) in [5.41, 5.74) is 0.468. The molecule has 2 aliphatic carbocycles. The van der Waals surface area contributed by atoms with E-state index in [9.17, 15) is 33.9 Å². The summed E-state index contributed by atoms with van der Waals surface area (Å²) >= 11 is 0. The van der Waals surface area contributed by atoms with Crippen LogP contribution in [0.15, 0.2) is 36.4 Å². The third-order valence-electron chi connectivity index (χ3n) is 9.47. The molecule has 262 valence electrons. The van der Waals surface area contributed by atoms with Crippen molar-refractivity contribution in [2.75, 3.05) is 45.9 Å². The van der Waals surface area contributed by atoms with Gasteiger partial charge >= 0.3 is 6.09 Å². The molecule has 6 rings (SSSR count). The molecule has 2 unspecified atom stereocenters. The first kappa shape index (κ1) is 33.7. The van der Waals surface area contributed by atoms with Crippen LogP contribution in [0.5, 0.6) is 5.88 Å². The Hall–Kier alpha value is -5.15. The number of rotatable bonds is 12. The van der Waals surface area contributed by atoms with Crippen molar-refractivity contribution >= 4 is 35.6 Å². The van der Waals surface area contributed by atoms with Gasteiger partial charge in [0.2, 0.25) is 23.6 Å². The third kappa shape index (κ3) is 8.12. The number of aromatic nitrogens is 2. The Morgan fingerprint density at radius 3 is 2.24 bits per heavy atom. The second kappa shape index (κ2) is 15.0. The number of para-hydroxylation sites is 1. The van der Waals surface area contributed by atoms with Gasteiger partial charge in [-0.1, -0.05) is 18.2 Å². The van der Waals surface area contributed by atoms with Crippen LogP contribution in [0.25, 0.3) is 5.69 Å². The second-order valence-electron chi connectivity index (χ2n) is 12.9. The number of hydrogen-bond acceptors (Lipinski definition) is 8. The Kier molecular flexibility index (Phi) is 10.3. The highest BCUT2D eigenvalue weighted by Gasteiger charge is 2.37. The lowest BCUT2D eigenvalue weighted by Crippen LogP contribution is -2.58. The molecule has 16 heteroatoms. The summed E-state index contributed by atoms with van der Waals surface area (Å²) in [5, 5.41) is 22.2. The van der Waals surface area contributed by atoms with E-state index in [0.29, 0.717) is 25.1 Å². The quantitative estimate of drug-likeness (QED) is 0.245. The summed E-state index contributed by atoms with van der Waals surface area (Å²) in [6.45, 7) is 0.437. The van der Waals surface area contributed by atoms with Gasteiger partial charge in [-0.05, 0) is 57.1 Å². The van der Waals surface area contributed by atoms with Gasteiger partial charge in [0.25, 0.3) is 11.8 Å². The molecule has 2 aromatic rings. The van der Waals surface area contributed by atoms with Gasteiger partial charge in [0.1, 0.15) is 12.1 Å². The number of hydrogen-bond donors (Lipinski definition) is 4. The smallest absolute Gasteiger partial charge is 0.407 e. The van der Waals surface area contributed by atoms with E-state index in [1.807, 2.05) is 6.07 Å². The van der Waals surface area contributed by atoms with Gasteiger partial charge in [-0.15, -0.1) is 0 Å². The lowest BCUT2D eigenvalue weighted by atomic mass is 9.93. The summed E-state index contributed by atoms with van der Waals surface area (Å²) in [7, 11) is 0. The molecule has 49 heavy (non-hydrogen) atoms. The van der Waals surface area contributed by atoms with Crippen molar-refractivity contribution in [3.63, 3.8) is 0 Å². The van der Waals surface area contributed by atoms with Gasteiger partial charge in [0, 0.05) is 57.3 Å². The van der Waals surface area contributed by atoms with Crippen LogP contribution < -0.4 is 20.7 Å². The molecule has 2 aliphatic heterocycles.